The monoisotopic (exact) mass is 453 g/mol. The lowest BCUT2D eigenvalue weighted by molar-refractivity contribution is -0.114. The van der Waals surface area contributed by atoms with Crippen LogP contribution < -0.4 is 10.6 Å². The molecule has 5 rings (SSSR count). The predicted molar refractivity (Wildman–Crippen MR) is 131 cm³/mol. The minimum absolute atomic E-state index is 0.214. The summed E-state index contributed by atoms with van der Waals surface area (Å²) in [5.41, 5.74) is 4.03. The second kappa shape index (κ2) is 8.68. The molecule has 3 N–H and O–H groups in total. The Kier molecular flexibility index (Phi) is 5.42. The molecule has 0 saturated carbocycles. The molecule has 5 aromatic rings. The molecule has 2 aromatic carbocycles. The average Bonchev–Trinajstić information content (AvgIpc) is 3.47. The Hall–Kier alpha value is -4.30. The van der Waals surface area contributed by atoms with Gasteiger partial charge in [0.15, 0.2) is 0 Å². The molecule has 0 aliphatic heterocycles. The summed E-state index contributed by atoms with van der Waals surface area (Å²) < 4.78 is 0. The largest absolute Gasteiger partial charge is 0.337 e. The van der Waals surface area contributed by atoms with Crippen LogP contribution >= 0.6 is 11.3 Å². The van der Waals surface area contributed by atoms with Gasteiger partial charge in [-0.1, -0.05) is 24.3 Å². The van der Waals surface area contributed by atoms with E-state index < -0.39 is 0 Å². The summed E-state index contributed by atoms with van der Waals surface area (Å²) in [6.45, 7) is 1.41. The molecule has 3 aromatic heterocycles. The van der Waals surface area contributed by atoms with E-state index in [0.29, 0.717) is 17.1 Å². The first-order chi connectivity index (χ1) is 16.0. The summed E-state index contributed by atoms with van der Waals surface area (Å²) in [5.74, 6) is 0.753. The molecule has 3 heterocycles. The van der Waals surface area contributed by atoms with E-state index in [2.05, 4.69) is 31.7 Å². The first kappa shape index (κ1) is 20.6. The lowest BCUT2D eigenvalue weighted by Gasteiger charge is -2.07. The van der Waals surface area contributed by atoms with Gasteiger partial charge in [-0.05, 0) is 54.1 Å². The maximum absolute atomic E-state index is 12.6. The molecule has 0 spiro atoms. The molecule has 0 fully saturated rings. The number of H-pyrrole nitrogens is 1. The third kappa shape index (κ3) is 4.51. The Morgan fingerprint density at radius 1 is 0.909 bits per heavy atom. The number of aromatic nitrogens is 3. The Labute approximate surface area is 193 Å². The van der Waals surface area contributed by atoms with Crippen molar-refractivity contribution >= 4 is 45.7 Å². The highest BCUT2D eigenvalue weighted by atomic mass is 32.1. The molecular weight excluding hydrogens is 434 g/mol. The number of carbonyl (C=O) groups excluding carboxylic acids is 2. The number of hydrogen-bond acceptors (Lipinski definition) is 5. The lowest BCUT2D eigenvalue weighted by Crippen LogP contribution is -2.13. The predicted octanol–water partition coefficient (Wildman–Crippen LogP) is 5.56. The molecule has 7 nitrogen and oxygen atoms in total. The molecule has 0 aliphatic rings. The maximum atomic E-state index is 12.6. The third-order valence-electron chi connectivity index (χ3n) is 4.96. The standard InChI is InChI=1S/C25H19N5O2S/c1-15(31)27-23-12-9-17(14-26-23)25(32)28-18-6-4-5-16(13-18)21-10-11-22(33-21)24-29-19-7-2-3-8-20(19)30-24/h2-14H,1H3,(H,28,32)(H,29,30)(H,26,27,31). The van der Waals surface area contributed by atoms with Gasteiger partial charge in [0, 0.05) is 23.7 Å². The van der Waals surface area contributed by atoms with Crippen LogP contribution in [0.3, 0.4) is 0 Å². The van der Waals surface area contributed by atoms with Gasteiger partial charge in [0.1, 0.15) is 11.6 Å². The second-order valence-corrected chi connectivity index (χ2v) is 8.50. The average molecular weight is 454 g/mol. The van der Waals surface area contributed by atoms with Crippen molar-refractivity contribution < 1.29 is 9.59 Å². The van der Waals surface area contributed by atoms with Crippen LogP contribution in [0.1, 0.15) is 17.3 Å². The van der Waals surface area contributed by atoms with Gasteiger partial charge in [0.05, 0.1) is 21.5 Å². The number of para-hydroxylation sites is 2. The Morgan fingerprint density at radius 2 is 1.76 bits per heavy atom. The number of nitrogens with zero attached hydrogens (tertiary/aromatic N) is 2. The van der Waals surface area contributed by atoms with Crippen LogP contribution in [0, 0.1) is 0 Å². The van der Waals surface area contributed by atoms with E-state index in [-0.39, 0.29) is 11.8 Å². The summed E-state index contributed by atoms with van der Waals surface area (Å²) in [4.78, 5) is 38.0. The molecule has 0 bridgehead atoms. The molecule has 162 valence electrons. The Bertz CT molecular complexity index is 1440. The summed E-state index contributed by atoms with van der Waals surface area (Å²) >= 11 is 1.63. The Balaban J connectivity index is 1.33. The molecule has 2 amide bonds. The minimum atomic E-state index is -0.275. The van der Waals surface area contributed by atoms with Crippen LogP contribution in [0.15, 0.2) is 79.0 Å². The van der Waals surface area contributed by atoms with Crippen molar-refractivity contribution in [3.05, 3.63) is 84.6 Å². The first-order valence-electron chi connectivity index (χ1n) is 10.3. The zero-order valence-electron chi connectivity index (χ0n) is 17.6. The highest BCUT2D eigenvalue weighted by molar-refractivity contribution is 7.18. The zero-order chi connectivity index (χ0) is 22.8. The zero-order valence-corrected chi connectivity index (χ0v) is 18.4. The molecule has 0 saturated heterocycles. The fourth-order valence-electron chi connectivity index (χ4n) is 3.43. The van der Waals surface area contributed by atoms with Crippen LogP contribution in [-0.2, 0) is 4.79 Å². The quantitative estimate of drug-likeness (QED) is 0.324. The van der Waals surface area contributed by atoms with E-state index in [9.17, 15) is 9.59 Å². The number of thiophene rings is 1. The second-order valence-electron chi connectivity index (χ2n) is 7.41. The number of aromatic amines is 1. The summed E-state index contributed by atoms with van der Waals surface area (Å²) in [6.07, 6.45) is 1.43. The fourth-order valence-corrected chi connectivity index (χ4v) is 4.37. The maximum Gasteiger partial charge on any atom is 0.257 e. The fraction of sp³-hybridized carbons (Fsp3) is 0.0400. The summed E-state index contributed by atoms with van der Waals surface area (Å²) in [6, 6.07) is 23.0. The number of amides is 2. The van der Waals surface area contributed by atoms with Crippen LogP contribution in [-0.4, -0.2) is 26.8 Å². The van der Waals surface area contributed by atoms with E-state index in [4.69, 9.17) is 0 Å². The number of pyridine rings is 1. The van der Waals surface area contributed by atoms with Gasteiger partial charge in [0.2, 0.25) is 5.91 Å². The highest BCUT2D eigenvalue weighted by Gasteiger charge is 2.11. The van der Waals surface area contributed by atoms with Crippen molar-refractivity contribution in [2.75, 3.05) is 10.6 Å². The molecule has 0 atom stereocenters. The number of carbonyl (C=O) groups is 2. The van der Waals surface area contributed by atoms with Crippen molar-refractivity contribution in [3.63, 3.8) is 0 Å². The van der Waals surface area contributed by atoms with Crippen LogP contribution in [0.5, 0.6) is 0 Å². The highest BCUT2D eigenvalue weighted by Crippen LogP contribution is 2.35. The van der Waals surface area contributed by atoms with E-state index >= 15 is 0 Å². The summed E-state index contributed by atoms with van der Waals surface area (Å²) in [7, 11) is 0. The van der Waals surface area contributed by atoms with E-state index in [1.165, 1.54) is 13.1 Å². The summed E-state index contributed by atoms with van der Waals surface area (Å²) in [5, 5.41) is 5.48. The van der Waals surface area contributed by atoms with Crippen LogP contribution in [0.25, 0.3) is 32.2 Å². The SMILES string of the molecule is CC(=O)Nc1ccc(C(=O)Nc2cccc(-c3ccc(-c4nc5ccccc5[nH]4)s3)c2)cn1. The minimum Gasteiger partial charge on any atom is -0.337 e. The number of imidazole rings is 1. The van der Waals surface area contributed by atoms with E-state index in [1.54, 1.807) is 23.5 Å². The number of fused-ring (bicyclic) bond motifs is 1. The van der Waals surface area contributed by atoms with Gasteiger partial charge in [-0.3, -0.25) is 9.59 Å². The number of benzene rings is 2. The molecule has 8 heteroatoms. The van der Waals surface area contributed by atoms with Gasteiger partial charge in [-0.15, -0.1) is 11.3 Å². The molecule has 33 heavy (non-hydrogen) atoms. The van der Waals surface area contributed by atoms with Crippen molar-refractivity contribution in [2.45, 2.75) is 6.92 Å². The first-order valence-corrected chi connectivity index (χ1v) is 11.1. The van der Waals surface area contributed by atoms with Gasteiger partial charge in [-0.25, -0.2) is 9.97 Å². The van der Waals surface area contributed by atoms with Gasteiger partial charge >= 0.3 is 0 Å². The van der Waals surface area contributed by atoms with Crippen molar-refractivity contribution in [2.24, 2.45) is 0 Å². The van der Waals surface area contributed by atoms with Crippen molar-refractivity contribution in [3.8, 4) is 21.1 Å². The van der Waals surface area contributed by atoms with E-state index in [1.807, 2.05) is 54.6 Å². The normalized spacial score (nSPS) is 10.8. The topological polar surface area (TPSA) is 99.8 Å². The number of rotatable bonds is 5. The van der Waals surface area contributed by atoms with Crippen LogP contribution in [0.4, 0.5) is 11.5 Å². The van der Waals surface area contributed by atoms with E-state index in [0.717, 1.165) is 32.2 Å². The Morgan fingerprint density at radius 3 is 2.55 bits per heavy atom. The third-order valence-corrected chi connectivity index (χ3v) is 6.10. The number of anilines is 2. The molecule has 0 aliphatic carbocycles. The van der Waals surface area contributed by atoms with Gasteiger partial charge in [0.25, 0.3) is 5.91 Å². The van der Waals surface area contributed by atoms with Crippen LogP contribution in [0.2, 0.25) is 0 Å². The van der Waals surface area contributed by atoms with Gasteiger partial charge < -0.3 is 15.6 Å². The molecular formula is C25H19N5O2S. The number of nitrogens with one attached hydrogen (secondary N) is 3. The lowest BCUT2D eigenvalue weighted by atomic mass is 10.1. The smallest absolute Gasteiger partial charge is 0.257 e. The van der Waals surface area contributed by atoms with Gasteiger partial charge in [-0.2, -0.15) is 0 Å². The molecule has 0 radical (unpaired) electrons. The van der Waals surface area contributed by atoms with Crippen molar-refractivity contribution in [1.29, 1.82) is 0 Å². The number of hydrogen-bond donors (Lipinski definition) is 3. The van der Waals surface area contributed by atoms with Crippen molar-refractivity contribution in [1.82, 2.24) is 15.0 Å². The molecule has 0 unspecified atom stereocenters.